The number of amides is 2. The predicted octanol–water partition coefficient (Wildman–Crippen LogP) is 2.59. The summed E-state index contributed by atoms with van der Waals surface area (Å²) in [5.41, 5.74) is 4.17. The molecule has 0 fully saturated rings. The number of nitrogens with one attached hydrogen (secondary N) is 2. The number of urea groups is 1. The van der Waals surface area contributed by atoms with E-state index in [1.54, 1.807) is 0 Å². The Balaban J connectivity index is 1.98. The fourth-order valence-corrected chi connectivity index (χ4v) is 2.54. The fourth-order valence-electron chi connectivity index (χ4n) is 2.54. The van der Waals surface area contributed by atoms with Crippen LogP contribution in [0.1, 0.15) is 22.7 Å². The van der Waals surface area contributed by atoms with Gasteiger partial charge in [0.25, 0.3) is 0 Å². The maximum Gasteiger partial charge on any atom is 0.315 e. The summed E-state index contributed by atoms with van der Waals surface area (Å²) in [6, 6.07) is 14.8. The zero-order valence-electron chi connectivity index (χ0n) is 14.4. The third-order valence-corrected chi connectivity index (χ3v) is 3.85. The first-order valence-corrected chi connectivity index (χ1v) is 7.98. The Hall–Kier alpha value is -2.53. The van der Waals surface area contributed by atoms with Gasteiger partial charge in [0.1, 0.15) is 0 Å². The van der Waals surface area contributed by atoms with Crippen LogP contribution in [0.15, 0.2) is 48.5 Å². The van der Waals surface area contributed by atoms with Crippen molar-refractivity contribution in [3.63, 3.8) is 0 Å². The number of aryl methyl sites for hydroxylation is 1. The molecule has 5 nitrogen and oxygen atoms in total. The lowest BCUT2D eigenvalue weighted by Crippen LogP contribution is -2.39. The molecule has 2 rings (SSSR count). The Labute approximate surface area is 143 Å². The molecule has 1 atom stereocenters. The molecule has 2 aromatic carbocycles. The van der Waals surface area contributed by atoms with Gasteiger partial charge in [0.05, 0.1) is 12.6 Å². The third-order valence-electron chi connectivity index (χ3n) is 3.85. The minimum Gasteiger partial charge on any atom is -0.394 e. The molecule has 2 aromatic rings. The molecule has 24 heavy (non-hydrogen) atoms. The first-order chi connectivity index (χ1) is 11.5. The Kier molecular flexibility index (Phi) is 6.21. The summed E-state index contributed by atoms with van der Waals surface area (Å²) in [5.74, 6) is 0. The van der Waals surface area contributed by atoms with Crippen LogP contribution in [0.2, 0.25) is 0 Å². The van der Waals surface area contributed by atoms with Gasteiger partial charge in [-0.3, -0.25) is 0 Å². The van der Waals surface area contributed by atoms with E-state index >= 15 is 0 Å². The average molecular weight is 327 g/mol. The number of carbonyl (C=O) groups excluding carboxylic acids is 1. The van der Waals surface area contributed by atoms with E-state index < -0.39 is 6.04 Å². The molecule has 3 N–H and O–H groups in total. The van der Waals surface area contributed by atoms with Gasteiger partial charge in [0.2, 0.25) is 0 Å². The SMILES string of the molecule is Cc1ccc(CNC(=O)NC(CO)c2ccccc2)c(N(C)C)c1. The van der Waals surface area contributed by atoms with Crippen LogP contribution in [0, 0.1) is 6.92 Å². The number of aliphatic hydroxyl groups excluding tert-OH is 1. The Morgan fingerprint density at radius 2 is 1.88 bits per heavy atom. The highest BCUT2D eigenvalue weighted by molar-refractivity contribution is 5.74. The quantitative estimate of drug-likeness (QED) is 0.764. The van der Waals surface area contributed by atoms with Crippen molar-refractivity contribution in [1.82, 2.24) is 10.6 Å². The van der Waals surface area contributed by atoms with E-state index in [1.165, 1.54) is 5.56 Å². The number of carbonyl (C=O) groups is 1. The van der Waals surface area contributed by atoms with Gasteiger partial charge in [-0.2, -0.15) is 0 Å². The number of rotatable bonds is 6. The monoisotopic (exact) mass is 327 g/mol. The normalized spacial score (nSPS) is 11.7. The predicted molar refractivity (Wildman–Crippen MR) is 97.1 cm³/mol. The molecule has 0 aromatic heterocycles. The second kappa shape index (κ2) is 8.36. The number of aliphatic hydroxyl groups is 1. The van der Waals surface area contributed by atoms with Crippen LogP contribution in [0.25, 0.3) is 0 Å². The lowest BCUT2D eigenvalue weighted by molar-refractivity contribution is 0.216. The highest BCUT2D eigenvalue weighted by Gasteiger charge is 2.13. The van der Waals surface area contributed by atoms with Crippen molar-refractivity contribution in [2.24, 2.45) is 0 Å². The van der Waals surface area contributed by atoms with E-state index in [9.17, 15) is 9.90 Å². The van der Waals surface area contributed by atoms with Crippen LogP contribution in [0.3, 0.4) is 0 Å². The van der Waals surface area contributed by atoms with Gasteiger partial charge in [-0.05, 0) is 29.7 Å². The molecule has 0 bridgehead atoms. The first-order valence-electron chi connectivity index (χ1n) is 7.98. The number of nitrogens with zero attached hydrogens (tertiary/aromatic N) is 1. The fraction of sp³-hybridized carbons (Fsp3) is 0.316. The van der Waals surface area contributed by atoms with E-state index in [2.05, 4.69) is 16.7 Å². The lowest BCUT2D eigenvalue weighted by Gasteiger charge is -2.20. The summed E-state index contributed by atoms with van der Waals surface area (Å²) < 4.78 is 0. The minimum atomic E-state index is -0.419. The summed E-state index contributed by atoms with van der Waals surface area (Å²) >= 11 is 0. The van der Waals surface area contributed by atoms with Crippen molar-refractivity contribution in [1.29, 1.82) is 0 Å². The van der Waals surface area contributed by atoms with Crippen molar-refractivity contribution in [3.8, 4) is 0 Å². The van der Waals surface area contributed by atoms with Gasteiger partial charge in [0.15, 0.2) is 0 Å². The number of hydrogen-bond acceptors (Lipinski definition) is 3. The maximum atomic E-state index is 12.2. The summed E-state index contributed by atoms with van der Waals surface area (Å²) in [6.07, 6.45) is 0. The van der Waals surface area contributed by atoms with Crippen molar-refractivity contribution < 1.29 is 9.90 Å². The standard InChI is InChI=1S/C19H25N3O2/c1-14-9-10-16(18(11-14)22(2)3)12-20-19(24)21-17(13-23)15-7-5-4-6-8-15/h4-11,17,23H,12-13H2,1-3H3,(H2,20,21,24). The van der Waals surface area contributed by atoms with Gasteiger partial charge in [-0.1, -0.05) is 42.5 Å². The maximum absolute atomic E-state index is 12.2. The van der Waals surface area contributed by atoms with Crippen LogP contribution >= 0.6 is 0 Å². The molecular formula is C19H25N3O2. The molecule has 2 amide bonds. The molecule has 0 saturated heterocycles. The highest BCUT2D eigenvalue weighted by Crippen LogP contribution is 2.20. The van der Waals surface area contributed by atoms with Crippen molar-refractivity contribution in [2.75, 3.05) is 25.6 Å². The van der Waals surface area contributed by atoms with Gasteiger partial charge in [-0.15, -0.1) is 0 Å². The van der Waals surface area contributed by atoms with Gasteiger partial charge in [-0.25, -0.2) is 4.79 Å². The summed E-state index contributed by atoms with van der Waals surface area (Å²) in [4.78, 5) is 14.2. The van der Waals surface area contributed by atoms with Crippen LogP contribution in [0.5, 0.6) is 0 Å². The zero-order chi connectivity index (χ0) is 17.5. The second-order valence-electron chi connectivity index (χ2n) is 6.00. The minimum absolute atomic E-state index is 0.148. The summed E-state index contributed by atoms with van der Waals surface area (Å²) in [7, 11) is 3.96. The topological polar surface area (TPSA) is 64.6 Å². The van der Waals surface area contributed by atoms with Crippen molar-refractivity contribution in [3.05, 3.63) is 65.2 Å². The van der Waals surface area contributed by atoms with Gasteiger partial charge < -0.3 is 20.6 Å². The third kappa shape index (κ3) is 4.73. The molecule has 0 aliphatic heterocycles. The van der Waals surface area contributed by atoms with Crippen LogP contribution in [-0.4, -0.2) is 31.8 Å². The Bertz CT molecular complexity index is 672. The number of hydrogen-bond donors (Lipinski definition) is 3. The number of benzene rings is 2. The molecular weight excluding hydrogens is 302 g/mol. The number of anilines is 1. The molecule has 5 heteroatoms. The van der Waals surface area contributed by atoms with E-state index in [0.717, 1.165) is 16.8 Å². The molecule has 0 aliphatic rings. The van der Waals surface area contributed by atoms with Crippen LogP contribution in [-0.2, 0) is 6.54 Å². The van der Waals surface area contributed by atoms with Gasteiger partial charge in [0, 0.05) is 26.3 Å². The molecule has 1 unspecified atom stereocenters. The summed E-state index contributed by atoms with van der Waals surface area (Å²) in [6.45, 7) is 2.32. The molecule has 0 saturated carbocycles. The average Bonchev–Trinajstić information content (AvgIpc) is 2.59. The molecule has 0 aliphatic carbocycles. The van der Waals surface area contributed by atoms with Crippen molar-refractivity contribution >= 4 is 11.7 Å². The summed E-state index contributed by atoms with van der Waals surface area (Å²) in [5, 5.41) is 15.2. The zero-order valence-corrected chi connectivity index (χ0v) is 14.4. The van der Waals surface area contributed by atoms with E-state index in [0.29, 0.717) is 6.54 Å². The van der Waals surface area contributed by atoms with Crippen molar-refractivity contribution in [2.45, 2.75) is 19.5 Å². The van der Waals surface area contributed by atoms with E-state index in [4.69, 9.17) is 0 Å². The lowest BCUT2D eigenvalue weighted by atomic mass is 10.1. The second-order valence-corrected chi connectivity index (χ2v) is 6.00. The highest BCUT2D eigenvalue weighted by atomic mass is 16.3. The van der Waals surface area contributed by atoms with E-state index in [1.807, 2.05) is 68.4 Å². The molecule has 0 heterocycles. The molecule has 128 valence electrons. The molecule has 0 radical (unpaired) electrons. The smallest absolute Gasteiger partial charge is 0.315 e. The Morgan fingerprint density at radius 1 is 1.17 bits per heavy atom. The Morgan fingerprint density at radius 3 is 2.50 bits per heavy atom. The largest absolute Gasteiger partial charge is 0.394 e. The van der Waals surface area contributed by atoms with E-state index in [-0.39, 0.29) is 12.6 Å². The van der Waals surface area contributed by atoms with Gasteiger partial charge >= 0.3 is 6.03 Å². The van der Waals surface area contributed by atoms with Crippen LogP contribution in [0.4, 0.5) is 10.5 Å². The first kappa shape index (κ1) is 17.8. The molecule has 0 spiro atoms. The van der Waals surface area contributed by atoms with Crippen LogP contribution < -0.4 is 15.5 Å².